The predicted molar refractivity (Wildman–Crippen MR) is 144 cm³/mol. The normalized spacial score (nSPS) is 20.4. The number of hydrogen-bond donors (Lipinski definition) is 2. The number of nitrogens with one attached hydrogen (secondary N) is 2. The fraction of sp³-hybridized carbons (Fsp3) is 0.440. The van der Waals surface area contributed by atoms with Crippen LogP contribution in [0.5, 0.6) is 0 Å². The second-order valence-corrected chi connectivity index (χ2v) is 10.6. The molecule has 1 saturated heterocycles. The van der Waals surface area contributed by atoms with Gasteiger partial charge in [-0.2, -0.15) is 0 Å². The summed E-state index contributed by atoms with van der Waals surface area (Å²) in [4.78, 5) is 37.6. The third-order valence-corrected chi connectivity index (χ3v) is 7.19. The first-order chi connectivity index (χ1) is 17.8. The van der Waals surface area contributed by atoms with Crippen LogP contribution in [0.2, 0.25) is 10.0 Å². The Kier molecular flexibility index (Phi) is 9.20. The van der Waals surface area contributed by atoms with E-state index in [2.05, 4.69) is 15.6 Å². The topological polar surface area (TPSA) is 105 Å². The molecule has 37 heavy (non-hydrogen) atoms. The molecule has 2 aliphatic heterocycles. The molecule has 2 unspecified atom stereocenters. The van der Waals surface area contributed by atoms with Gasteiger partial charge in [0.1, 0.15) is 12.1 Å². The van der Waals surface area contributed by atoms with Gasteiger partial charge in [-0.05, 0) is 32.9 Å². The monoisotopic (exact) mass is 565 g/mol. The number of carbonyl (C=O) groups excluding carboxylic acids is 2. The molecule has 3 heterocycles. The Labute approximate surface area is 229 Å². The lowest BCUT2D eigenvalue weighted by Crippen LogP contribution is -2.56. The van der Waals surface area contributed by atoms with Crippen molar-refractivity contribution < 1.29 is 19.1 Å². The van der Waals surface area contributed by atoms with Gasteiger partial charge in [0, 0.05) is 52.0 Å². The minimum atomic E-state index is -0.761. The standard InChI is InChI=1S/C25H29Cl2N5O4S/c1-4-36-25(34)20-18(12-32-8-9-35-13-19(32)23(33)29-14(2)3)30-22(24-28-7-10-37-24)31-21(20)16-6-5-15(26)11-17(16)27/h5-7,10-11,14,19,21H,4,8-9,12-13H2,1-3H3,(H,29,33)(H,30,31). The molecule has 1 aromatic carbocycles. The smallest absolute Gasteiger partial charge is 0.338 e. The molecule has 12 heteroatoms. The van der Waals surface area contributed by atoms with Gasteiger partial charge < -0.3 is 20.1 Å². The molecule has 9 nitrogen and oxygen atoms in total. The van der Waals surface area contributed by atoms with Crippen LogP contribution in [0.1, 0.15) is 37.4 Å². The van der Waals surface area contributed by atoms with Gasteiger partial charge in [-0.1, -0.05) is 29.3 Å². The maximum Gasteiger partial charge on any atom is 0.338 e. The number of rotatable bonds is 8. The van der Waals surface area contributed by atoms with Crippen molar-refractivity contribution in [3.8, 4) is 0 Å². The number of aromatic nitrogens is 1. The van der Waals surface area contributed by atoms with Crippen LogP contribution in [0.3, 0.4) is 0 Å². The Bertz CT molecular complexity index is 1200. The highest BCUT2D eigenvalue weighted by Gasteiger charge is 2.37. The number of ether oxygens (including phenoxy) is 2. The Hall–Kier alpha value is -2.50. The number of amidine groups is 1. The molecule has 2 aliphatic rings. The molecule has 198 valence electrons. The highest BCUT2D eigenvalue weighted by atomic mass is 35.5. The fourth-order valence-electron chi connectivity index (χ4n) is 4.22. The molecule has 1 fully saturated rings. The second-order valence-electron chi connectivity index (χ2n) is 8.85. The van der Waals surface area contributed by atoms with Gasteiger partial charge in [-0.3, -0.25) is 14.7 Å². The van der Waals surface area contributed by atoms with Gasteiger partial charge in [0.2, 0.25) is 5.91 Å². The van der Waals surface area contributed by atoms with E-state index >= 15 is 0 Å². The van der Waals surface area contributed by atoms with Crippen LogP contribution in [-0.4, -0.2) is 72.6 Å². The Morgan fingerprint density at radius 3 is 2.84 bits per heavy atom. The molecular weight excluding hydrogens is 537 g/mol. The maximum absolute atomic E-state index is 13.4. The summed E-state index contributed by atoms with van der Waals surface area (Å²) in [5, 5.41) is 9.64. The lowest BCUT2D eigenvalue weighted by atomic mass is 9.95. The molecule has 1 aromatic heterocycles. The van der Waals surface area contributed by atoms with Crippen molar-refractivity contribution in [2.24, 2.45) is 4.99 Å². The van der Waals surface area contributed by atoms with Crippen LogP contribution in [-0.2, 0) is 19.1 Å². The zero-order valence-electron chi connectivity index (χ0n) is 20.8. The average molecular weight is 567 g/mol. The molecule has 0 bridgehead atoms. The van der Waals surface area contributed by atoms with E-state index in [0.29, 0.717) is 50.9 Å². The minimum Gasteiger partial charge on any atom is -0.463 e. The van der Waals surface area contributed by atoms with Crippen LogP contribution in [0.4, 0.5) is 0 Å². The summed E-state index contributed by atoms with van der Waals surface area (Å²) in [5.41, 5.74) is 1.50. The van der Waals surface area contributed by atoms with Gasteiger partial charge in [0.15, 0.2) is 10.8 Å². The van der Waals surface area contributed by atoms with E-state index in [-0.39, 0.29) is 31.7 Å². The summed E-state index contributed by atoms with van der Waals surface area (Å²) < 4.78 is 11.1. The van der Waals surface area contributed by atoms with Crippen molar-refractivity contribution in [2.45, 2.75) is 38.9 Å². The molecule has 2 N–H and O–H groups in total. The third-order valence-electron chi connectivity index (χ3n) is 5.85. The average Bonchev–Trinajstić information content (AvgIpc) is 3.39. The molecule has 2 atom stereocenters. The van der Waals surface area contributed by atoms with E-state index < -0.39 is 18.1 Å². The quantitative estimate of drug-likeness (QED) is 0.471. The molecule has 2 aromatic rings. The van der Waals surface area contributed by atoms with Gasteiger partial charge in [0.25, 0.3) is 0 Å². The van der Waals surface area contributed by atoms with E-state index in [0.717, 1.165) is 0 Å². The number of aliphatic imine (C=N–C) groups is 1. The van der Waals surface area contributed by atoms with Crippen molar-refractivity contribution >= 4 is 52.3 Å². The maximum atomic E-state index is 13.4. The van der Waals surface area contributed by atoms with E-state index in [4.69, 9.17) is 37.7 Å². The fourth-order valence-corrected chi connectivity index (χ4v) is 5.32. The van der Waals surface area contributed by atoms with Gasteiger partial charge in [-0.25, -0.2) is 9.78 Å². The summed E-state index contributed by atoms with van der Waals surface area (Å²) in [5.74, 6) is -0.139. The van der Waals surface area contributed by atoms with Crippen molar-refractivity contribution in [2.75, 3.05) is 32.9 Å². The van der Waals surface area contributed by atoms with Crippen molar-refractivity contribution in [3.05, 3.63) is 61.7 Å². The molecule has 0 radical (unpaired) electrons. The molecule has 0 saturated carbocycles. The number of halogens is 2. The SMILES string of the molecule is CCOC(=O)C1=C(CN2CCOCC2C(=O)NC(C)C)NC(c2nccs2)=NC1c1ccc(Cl)cc1Cl. The highest BCUT2D eigenvalue weighted by Crippen LogP contribution is 2.37. The van der Waals surface area contributed by atoms with Crippen LogP contribution < -0.4 is 10.6 Å². The first kappa shape index (κ1) is 27.5. The first-order valence-corrected chi connectivity index (χ1v) is 13.6. The molecule has 4 rings (SSSR count). The Morgan fingerprint density at radius 1 is 1.35 bits per heavy atom. The van der Waals surface area contributed by atoms with E-state index in [1.807, 2.05) is 24.1 Å². The van der Waals surface area contributed by atoms with Crippen LogP contribution in [0, 0.1) is 0 Å². The van der Waals surface area contributed by atoms with Crippen molar-refractivity contribution in [1.82, 2.24) is 20.5 Å². The van der Waals surface area contributed by atoms with Crippen molar-refractivity contribution in [3.63, 3.8) is 0 Å². The number of esters is 1. The summed E-state index contributed by atoms with van der Waals surface area (Å²) >= 11 is 14.2. The highest BCUT2D eigenvalue weighted by molar-refractivity contribution is 7.11. The number of nitrogens with zero attached hydrogens (tertiary/aromatic N) is 3. The number of benzene rings is 1. The summed E-state index contributed by atoms with van der Waals surface area (Å²) in [6.07, 6.45) is 1.69. The van der Waals surface area contributed by atoms with E-state index in [9.17, 15) is 9.59 Å². The minimum absolute atomic E-state index is 0.0153. The summed E-state index contributed by atoms with van der Waals surface area (Å²) in [7, 11) is 0. The second kappa shape index (κ2) is 12.4. The van der Waals surface area contributed by atoms with E-state index in [1.165, 1.54) is 11.3 Å². The number of morpholine rings is 1. The number of carbonyl (C=O) groups is 2. The molecule has 0 aliphatic carbocycles. The molecule has 0 spiro atoms. The molecular formula is C25H29Cl2N5O4S. The number of thiazole rings is 1. The Balaban J connectivity index is 1.79. The third kappa shape index (κ3) is 6.50. The zero-order chi connectivity index (χ0) is 26.5. The number of hydrogen-bond acceptors (Lipinski definition) is 9. The largest absolute Gasteiger partial charge is 0.463 e. The van der Waals surface area contributed by atoms with Gasteiger partial charge in [0.05, 0.1) is 25.4 Å². The number of amides is 1. The van der Waals surface area contributed by atoms with Crippen LogP contribution in [0.25, 0.3) is 0 Å². The van der Waals surface area contributed by atoms with E-state index in [1.54, 1.807) is 31.3 Å². The van der Waals surface area contributed by atoms with Gasteiger partial charge in [-0.15, -0.1) is 11.3 Å². The van der Waals surface area contributed by atoms with Crippen LogP contribution >= 0.6 is 34.5 Å². The predicted octanol–water partition coefficient (Wildman–Crippen LogP) is 3.58. The summed E-state index contributed by atoms with van der Waals surface area (Å²) in [6, 6.07) is 3.79. The van der Waals surface area contributed by atoms with Crippen molar-refractivity contribution in [1.29, 1.82) is 0 Å². The Morgan fingerprint density at radius 2 is 2.16 bits per heavy atom. The molecule has 1 amide bonds. The van der Waals surface area contributed by atoms with Crippen LogP contribution in [0.15, 0.2) is 46.0 Å². The lowest BCUT2D eigenvalue weighted by molar-refractivity contribution is -0.139. The zero-order valence-corrected chi connectivity index (χ0v) is 23.1. The van der Waals surface area contributed by atoms with Gasteiger partial charge >= 0.3 is 5.97 Å². The lowest BCUT2D eigenvalue weighted by Gasteiger charge is -2.37. The summed E-state index contributed by atoms with van der Waals surface area (Å²) in [6.45, 7) is 7.25. The first-order valence-electron chi connectivity index (χ1n) is 12.0.